The largest absolute Gasteiger partial charge is 0.397 e. The first-order chi connectivity index (χ1) is 9.25. The Labute approximate surface area is 108 Å². The summed E-state index contributed by atoms with van der Waals surface area (Å²) < 4.78 is 1.59. The SMILES string of the molecule is Nc1ccccc1NC(=O)c1cnn2ccncc12. The number of benzene rings is 1. The van der Waals surface area contributed by atoms with Crippen molar-refractivity contribution >= 4 is 22.8 Å². The minimum atomic E-state index is -0.263. The predicted molar refractivity (Wildman–Crippen MR) is 71.8 cm³/mol. The fourth-order valence-electron chi connectivity index (χ4n) is 1.81. The van der Waals surface area contributed by atoms with Crippen molar-refractivity contribution in [2.24, 2.45) is 0 Å². The number of rotatable bonds is 2. The number of nitrogens with zero attached hydrogens (tertiary/aromatic N) is 3. The molecule has 2 heterocycles. The summed E-state index contributed by atoms with van der Waals surface area (Å²) in [5.41, 5.74) is 7.99. The number of nitrogens with one attached hydrogen (secondary N) is 1. The minimum absolute atomic E-state index is 0.263. The first-order valence-electron chi connectivity index (χ1n) is 5.69. The summed E-state index contributed by atoms with van der Waals surface area (Å²) in [4.78, 5) is 16.2. The molecule has 0 spiro atoms. The van der Waals surface area contributed by atoms with Crippen LogP contribution >= 0.6 is 0 Å². The van der Waals surface area contributed by atoms with Crippen molar-refractivity contribution in [1.29, 1.82) is 0 Å². The maximum atomic E-state index is 12.2. The van der Waals surface area contributed by atoms with Gasteiger partial charge in [0.15, 0.2) is 0 Å². The van der Waals surface area contributed by atoms with Crippen LogP contribution in [0.15, 0.2) is 49.1 Å². The molecule has 0 aliphatic rings. The predicted octanol–water partition coefficient (Wildman–Crippen LogP) is 1.56. The van der Waals surface area contributed by atoms with Gasteiger partial charge >= 0.3 is 0 Å². The summed E-state index contributed by atoms with van der Waals surface area (Å²) in [5.74, 6) is -0.263. The molecule has 1 amide bonds. The van der Waals surface area contributed by atoms with E-state index in [2.05, 4.69) is 15.4 Å². The summed E-state index contributed by atoms with van der Waals surface area (Å²) in [6.07, 6.45) is 6.39. The van der Waals surface area contributed by atoms with E-state index in [1.165, 1.54) is 6.20 Å². The molecular formula is C13H11N5O. The Morgan fingerprint density at radius 2 is 2.11 bits per heavy atom. The maximum Gasteiger partial charge on any atom is 0.259 e. The normalized spacial score (nSPS) is 10.5. The molecule has 3 aromatic rings. The summed E-state index contributed by atoms with van der Waals surface area (Å²) in [6.45, 7) is 0. The molecule has 0 unspecified atom stereocenters. The third kappa shape index (κ3) is 1.99. The molecule has 94 valence electrons. The molecule has 0 aliphatic carbocycles. The Kier molecular flexibility index (Phi) is 2.60. The van der Waals surface area contributed by atoms with Crippen molar-refractivity contribution in [3.05, 3.63) is 54.6 Å². The second-order valence-corrected chi connectivity index (χ2v) is 4.01. The van der Waals surface area contributed by atoms with Gasteiger partial charge in [-0.1, -0.05) is 12.1 Å². The molecule has 2 aromatic heterocycles. The quantitative estimate of drug-likeness (QED) is 0.679. The topological polar surface area (TPSA) is 85.3 Å². The van der Waals surface area contributed by atoms with Crippen LogP contribution in [-0.2, 0) is 0 Å². The van der Waals surface area contributed by atoms with Gasteiger partial charge in [-0.05, 0) is 12.1 Å². The molecule has 0 radical (unpaired) electrons. The average molecular weight is 253 g/mol. The van der Waals surface area contributed by atoms with E-state index in [9.17, 15) is 4.79 Å². The van der Waals surface area contributed by atoms with Gasteiger partial charge in [-0.2, -0.15) is 5.10 Å². The second kappa shape index (κ2) is 4.41. The lowest BCUT2D eigenvalue weighted by Gasteiger charge is -2.06. The highest BCUT2D eigenvalue weighted by atomic mass is 16.1. The summed E-state index contributed by atoms with van der Waals surface area (Å²) in [7, 11) is 0. The number of carbonyl (C=O) groups is 1. The number of para-hydroxylation sites is 2. The number of anilines is 2. The average Bonchev–Trinajstić information content (AvgIpc) is 2.85. The van der Waals surface area contributed by atoms with E-state index in [4.69, 9.17) is 5.73 Å². The Morgan fingerprint density at radius 1 is 1.26 bits per heavy atom. The van der Waals surface area contributed by atoms with Crippen LogP contribution in [0.2, 0.25) is 0 Å². The number of amides is 1. The molecule has 3 N–H and O–H groups in total. The van der Waals surface area contributed by atoms with Gasteiger partial charge in [0.05, 0.1) is 34.8 Å². The Bertz CT molecular complexity index is 749. The molecule has 0 fully saturated rings. The number of carbonyl (C=O) groups excluding carboxylic acids is 1. The van der Waals surface area contributed by atoms with Gasteiger partial charge in [0.1, 0.15) is 0 Å². The molecule has 0 saturated heterocycles. The lowest BCUT2D eigenvalue weighted by Crippen LogP contribution is -2.12. The minimum Gasteiger partial charge on any atom is -0.397 e. The van der Waals surface area contributed by atoms with E-state index < -0.39 is 0 Å². The molecule has 0 atom stereocenters. The number of nitrogens with two attached hydrogens (primary N) is 1. The number of hydrogen-bond donors (Lipinski definition) is 2. The monoisotopic (exact) mass is 253 g/mol. The van der Waals surface area contributed by atoms with Gasteiger partial charge in [0.2, 0.25) is 0 Å². The fraction of sp³-hybridized carbons (Fsp3) is 0. The number of aromatic nitrogens is 3. The number of fused-ring (bicyclic) bond motifs is 1. The van der Waals surface area contributed by atoms with Crippen molar-refractivity contribution in [2.75, 3.05) is 11.1 Å². The van der Waals surface area contributed by atoms with Gasteiger partial charge in [-0.15, -0.1) is 0 Å². The van der Waals surface area contributed by atoms with E-state index >= 15 is 0 Å². The van der Waals surface area contributed by atoms with Crippen molar-refractivity contribution in [1.82, 2.24) is 14.6 Å². The zero-order valence-corrected chi connectivity index (χ0v) is 9.95. The maximum absolute atomic E-state index is 12.2. The Morgan fingerprint density at radius 3 is 2.95 bits per heavy atom. The fourth-order valence-corrected chi connectivity index (χ4v) is 1.81. The first kappa shape index (κ1) is 11.2. The summed E-state index contributed by atoms with van der Waals surface area (Å²) in [6, 6.07) is 7.10. The van der Waals surface area contributed by atoms with Crippen LogP contribution in [0, 0.1) is 0 Å². The van der Waals surface area contributed by atoms with Gasteiger partial charge in [-0.3, -0.25) is 9.78 Å². The van der Waals surface area contributed by atoms with E-state index in [0.717, 1.165) is 0 Å². The van der Waals surface area contributed by atoms with Crippen molar-refractivity contribution in [3.63, 3.8) is 0 Å². The molecule has 6 nitrogen and oxygen atoms in total. The molecule has 0 aliphatic heterocycles. The molecule has 1 aromatic carbocycles. The second-order valence-electron chi connectivity index (χ2n) is 4.01. The highest BCUT2D eigenvalue weighted by molar-refractivity contribution is 6.09. The van der Waals surface area contributed by atoms with Crippen LogP contribution in [0.1, 0.15) is 10.4 Å². The zero-order valence-electron chi connectivity index (χ0n) is 9.95. The summed E-state index contributed by atoms with van der Waals surface area (Å²) >= 11 is 0. The van der Waals surface area contributed by atoms with E-state index in [0.29, 0.717) is 22.5 Å². The van der Waals surface area contributed by atoms with E-state index in [1.807, 2.05) is 12.1 Å². The number of hydrogen-bond acceptors (Lipinski definition) is 4. The summed E-state index contributed by atoms with van der Waals surface area (Å²) in [5, 5.41) is 6.85. The third-order valence-corrected chi connectivity index (χ3v) is 2.78. The number of nitrogen functional groups attached to an aromatic ring is 1. The van der Waals surface area contributed by atoms with Crippen molar-refractivity contribution in [3.8, 4) is 0 Å². The van der Waals surface area contributed by atoms with Crippen LogP contribution < -0.4 is 11.1 Å². The molecule has 3 rings (SSSR count). The van der Waals surface area contributed by atoms with Gasteiger partial charge in [0, 0.05) is 12.4 Å². The lowest BCUT2D eigenvalue weighted by atomic mass is 10.2. The first-order valence-corrected chi connectivity index (χ1v) is 5.69. The molecule has 0 bridgehead atoms. The molecular weight excluding hydrogens is 242 g/mol. The third-order valence-electron chi connectivity index (χ3n) is 2.78. The molecule has 19 heavy (non-hydrogen) atoms. The zero-order chi connectivity index (χ0) is 13.2. The standard InChI is InChI=1S/C13H11N5O/c14-10-3-1-2-4-11(10)17-13(19)9-7-16-18-6-5-15-8-12(9)18/h1-8H,14H2,(H,17,19). The molecule has 6 heteroatoms. The Balaban J connectivity index is 1.95. The lowest BCUT2D eigenvalue weighted by molar-refractivity contribution is 0.102. The van der Waals surface area contributed by atoms with Crippen LogP contribution in [0.4, 0.5) is 11.4 Å². The van der Waals surface area contributed by atoms with Crippen LogP contribution in [0.3, 0.4) is 0 Å². The highest BCUT2D eigenvalue weighted by Crippen LogP contribution is 2.18. The van der Waals surface area contributed by atoms with Crippen LogP contribution in [-0.4, -0.2) is 20.5 Å². The van der Waals surface area contributed by atoms with Crippen molar-refractivity contribution in [2.45, 2.75) is 0 Å². The van der Waals surface area contributed by atoms with Crippen molar-refractivity contribution < 1.29 is 4.79 Å². The smallest absolute Gasteiger partial charge is 0.259 e. The van der Waals surface area contributed by atoms with E-state index in [1.54, 1.807) is 35.2 Å². The Hall–Kier alpha value is -2.89. The highest BCUT2D eigenvalue weighted by Gasteiger charge is 2.13. The van der Waals surface area contributed by atoms with Crippen LogP contribution in [0.25, 0.3) is 5.52 Å². The van der Waals surface area contributed by atoms with Gasteiger partial charge < -0.3 is 11.1 Å². The van der Waals surface area contributed by atoms with E-state index in [-0.39, 0.29) is 5.91 Å². The molecule has 0 saturated carbocycles. The van der Waals surface area contributed by atoms with Gasteiger partial charge in [0.25, 0.3) is 5.91 Å². The van der Waals surface area contributed by atoms with Gasteiger partial charge in [-0.25, -0.2) is 4.52 Å². The van der Waals surface area contributed by atoms with Crippen LogP contribution in [0.5, 0.6) is 0 Å².